The molecule has 0 aliphatic heterocycles. The Morgan fingerprint density at radius 2 is 1.93 bits per heavy atom. The number of rotatable bonds is 2. The minimum absolute atomic E-state index is 0.168. The van der Waals surface area contributed by atoms with Gasteiger partial charge in [0.2, 0.25) is 0 Å². The SMILES string of the molecule is Clc1ccc(C23CC=CC=C2C=Cc2c3ccc3c2=CCCC=3n2ccnc2)cc1. The topological polar surface area (TPSA) is 17.8 Å². The second-order valence-corrected chi connectivity index (χ2v) is 8.58. The number of imidazole rings is 1. The lowest BCUT2D eigenvalue weighted by molar-refractivity contribution is 0.613. The maximum Gasteiger partial charge on any atom is 0.0989 e. The molecule has 2 aromatic carbocycles. The average molecular weight is 409 g/mol. The van der Waals surface area contributed by atoms with Crippen LogP contribution in [0, 0.1) is 0 Å². The van der Waals surface area contributed by atoms with Gasteiger partial charge in [-0.15, -0.1) is 0 Å². The molecule has 1 unspecified atom stereocenters. The van der Waals surface area contributed by atoms with E-state index in [9.17, 15) is 0 Å². The summed E-state index contributed by atoms with van der Waals surface area (Å²) in [5, 5.41) is 3.44. The number of benzene rings is 2. The molecule has 3 aliphatic rings. The third-order valence-electron chi connectivity index (χ3n) is 6.70. The first-order valence-electron chi connectivity index (χ1n) is 10.4. The second kappa shape index (κ2) is 6.72. The standard InChI is InChI=1S/C27H21ClN2/c28-21-10-7-20(8-11-21)27-15-2-1-4-19(27)9-12-23-22-5-3-6-26(30-17-16-29-18-30)24(22)13-14-25(23)27/h1-2,4-5,7-14,16-18H,3,6,15H2. The Morgan fingerprint density at radius 1 is 1.03 bits per heavy atom. The number of nitrogens with zero attached hydrogens (tertiary/aromatic N) is 2. The second-order valence-electron chi connectivity index (χ2n) is 8.15. The molecule has 1 heterocycles. The van der Waals surface area contributed by atoms with Crippen LogP contribution in [0.3, 0.4) is 0 Å². The maximum absolute atomic E-state index is 6.23. The van der Waals surface area contributed by atoms with Crippen molar-refractivity contribution in [3.05, 3.63) is 117 Å². The number of fused-ring (bicyclic) bond motifs is 5. The Bertz CT molecular complexity index is 1360. The fraction of sp³-hybridized carbons (Fsp3) is 0.148. The van der Waals surface area contributed by atoms with Crippen molar-refractivity contribution in [2.45, 2.75) is 24.7 Å². The molecule has 0 radical (unpaired) electrons. The number of allylic oxidation sites excluding steroid dienone is 5. The molecule has 0 bridgehead atoms. The molecule has 3 aliphatic carbocycles. The smallest absolute Gasteiger partial charge is 0.0989 e. The fourth-order valence-electron chi connectivity index (χ4n) is 5.32. The summed E-state index contributed by atoms with van der Waals surface area (Å²) in [6.07, 6.45) is 22.6. The van der Waals surface area contributed by atoms with Crippen molar-refractivity contribution in [2.75, 3.05) is 0 Å². The predicted octanol–water partition coefficient (Wildman–Crippen LogP) is 4.97. The summed E-state index contributed by atoms with van der Waals surface area (Å²) in [5.74, 6) is 0. The van der Waals surface area contributed by atoms with Crippen molar-refractivity contribution in [1.82, 2.24) is 9.55 Å². The fourth-order valence-corrected chi connectivity index (χ4v) is 5.45. The first kappa shape index (κ1) is 17.7. The molecule has 0 spiro atoms. The van der Waals surface area contributed by atoms with Gasteiger partial charge in [0.05, 0.1) is 6.33 Å². The van der Waals surface area contributed by atoms with Gasteiger partial charge in [0.15, 0.2) is 0 Å². The Labute approximate surface area is 180 Å². The molecule has 0 saturated heterocycles. The van der Waals surface area contributed by atoms with Crippen LogP contribution in [0.1, 0.15) is 36.0 Å². The summed E-state index contributed by atoms with van der Waals surface area (Å²) in [7, 11) is 0. The Hall–Kier alpha value is -3.10. The van der Waals surface area contributed by atoms with Crippen molar-refractivity contribution in [1.29, 1.82) is 0 Å². The minimum atomic E-state index is -0.168. The average Bonchev–Trinajstić information content (AvgIpc) is 3.33. The maximum atomic E-state index is 6.23. The lowest BCUT2D eigenvalue weighted by Gasteiger charge is -2.41. The summed E-state index contributed by atoms with van der Waals surface area (Å²) in [4.78, 5) is 4.26. The molecule has 2 nitrogen and oxygen atoms in total. The van der Waals surface area contributed by atoms with Crippen LogP contribution in [0.25, 0.3) is 17.8 Å². The van der Waals surface area contributed by atoms with Gasteiger partial charge < -0.3 is 4.57 Å². The molecule has 0 amide bonds. The van der Waals surface area contributed by atoms with Crippen molar-refractivity contribution in [3.63, 3.8) is 0 Å². The third-order valence-corrected chi connectivity index (χ3v) is 6.95. The zero-order valence-corrected chi connectivity index (χ0v) is 17.3. The Morgan fingerprint density at radius 3 is 2.77 bits per heavy atom. The summed E-state index contributed by atoms with van der Waals surface area (Å²) in [5.41, 5.74) is 6.51. The quantitative estimate of drug-likeness (QED) is 0.585. The van der Waals surface area contributed by atoms with E-state index in [4.69, 9.17) is 11.6 Å². The number of hydrogen-bond acceptors (Lipinski definition) is 1. The van der Waals surface area contributed by atoms with Crippen molar-refractivity contribution < 1.29 is 0 Å². The number of hydrogen-bond donors (Lipinski definition) is 0. The monoisotopic (exact) mass is 408 g/mol. The van der Waals surface area contributed by atoms with Gasteiger partial charge in [-0.2, -0.15) is 0 Å². The molecule has 1 aromatic heterocycles. The molecule has 0 N–H and O–H groups in total. The molecular weight excluding hydrogens is 388 g/mol. The highest BCUT2D eigenvalue weighted by Crippen LogP contribution is 2.48. The highest BCUT2D eigenvalue weighted by molar-refractivity contribution is 6.30. The molecule has 0 fully saturated rings. The normalized spacial score (nSPS) is 21.4. The molecule has 6 rings (SSSR count). The summed E-state index contributed by atoms with van der Waals surface area (Å²) < 4.78 is 2.16. The summed E-state index contributed by atoms with van der Waals surface area (Å²) >= 11 is 6.23. The first-order valence-corrected chi connectivity index (χ1v) is 10.8. The van der Waals surface area contributed by atoms with Crippen LogP contribution in [-0.4, -0.2) is 9.55 Å². The summed E-state index contributed by atoms with van der Waals surface area (Å²) in [6, 6.07) is 13.0. The first-order chi connectivity index (χ1) is 14.8. The van der Waals surface area contributed by atoms with Crippen molar-refractivity contribution >= 4 is 29.5 Å². The third kappa shape index (κ3) is 2.47. The molecule has 3 heteroatoms. The Kier molecular flexibility index (Phi) is 3.97. The van der Waals surface area contributed by atoms with Crippen LogP contribution in [-0.2, 0) is 5.41 Å². The van der Waals surface area contributed by atoms with E-state index in [0.717, 1.165) is 24.3 Å². The lowest BCUT2D eigenvalue weighted by Crippen LogP contribution is -2.40. The van der Waals surface area contributed by atoms with E-state index < -0.39 is 0 Å². The van der Waals surface area contributed by atoms with Crippen LogP contribution in [0.2, 0.25) is 5.02 Å². The van der Waals surface area contributed by atoms with E-state index in [1.807, 2.05) is 30.9 Å². The van der Waals surface area contributed by atoms with E-state index >= 15 is 0 Å². The van der Waals surface area contributed by atoms with E-state index in [1.54, 1.807) is 0 Å². The van der Waals surface area contributed by atoms with Crippen molar-refractivity contribution in [2.24, 2.45) is 0 Å². The van der Waals surface area contributed by atoms with Gasteiger partial charge in [0, 0.05) is 33.7 Å². The number of aromatic nitrogens is 2. The molecule has 3 aromatic rings. The molecule has 30 heavy (non-hydrogen) atoms. The molecule has 146 valence electrons. The van der Waals surface area contributed by atoms with E-state index in [1.165, 1.54) is 38.4 Å². The van der Waals surface area contributed by atoms with Gasteiger partial charge in [-0.1, -0.05) is 72.3 Å². The van der Waals surface area contributed by atoms with Gasteiger partial charge in [0.25, 0.3) is 0 Å². The highest BCUT2D eigenvalue weighted by Gasteiger charge is 2.40. The predicted molar refractivity (Wildman–Crippen MR) is 124 cm³/mol. The minimum Gasteiger partial charge on any atom is -0.309 e. The van der Waals surface area contributed by atoms with E-state index in [0.29, 0.717) is 0 Å². The number of halogens is 1. The van der Waals surface area contributed by atoms with Crippen LogP contribution in [0.5, 0.6) is 0 Å². The Balaban J connectivity index is 1.67. The van der Waals surface area contributed by atoms with Crippen LogP contribution in [0.4, 0.5) is 0 Å². The van der Waals surface area contributed by atoms with Crippen molar-refractivity contribution in [3.8, 4) is 0 Å². The lowest BCUT2D eigenvalue weighted by atomic mass is 9.62. The van der Waals surface area contributed by atoms with Crippen LogP contribution < -0.4 is 10.4 Å². The van der Waals surface area contributed by atoms with Gasteiger partial charge in [-0.25, -0.2) is 4.98 Å². The molecule has 0 saturated carbocycles. The van der Waals surface area contributed by atoms with E-state index in [-0.39, 0.29) is 5.41 Å². The van der Waals surface area contributed by atoms with Gasteiger partial charge in [0.1, 0.15) is 0 Å². The van der Waals surface area contributed by atoms with Crippen LogP contribution >= 0.6 is 11.6 Å². The highest BCUT2D eigenvalue weighted by atomic mass is 35.5. The van der Waals surface area contributed by atoms with Gasteiger partial charge in [-0.05, 0) is 58.9 Å². The summed E-state index contributed by atoms with van der Waals surface area (Å²) in [6.45, 7) is 0. The van der Waals surface area contributed by atoms with Crippen LogP contribution in [0.15, 0.2) is 85.0 Å². The molecular formula is C27H21ClN2. The molecule has 1 atom stereocenters. The van der Waals surface area contributed by atoms with E-state index in [2.05, 4.69) is 70.3 Å². The largest absolute Gasteiger partial charge is 0.309 e. The van der Waals surface area contributed by atoms with Gasteiger partial charge in [-0.3, -0.25) is 0 Å². The zero-order valence-electron chi connectivity index (χ0n) is 16.6. The zero-order chi connectivity index (χ0) is 20.1. The van der Waals surface area contributed by atoms with Gasteiger partial charge >= 0.3 is 0 Å².